The lowest BCUT2D eigenvalue weighted by Gasteiger charge is -2.12. The van der Waals surface area contributed by atoms with Crippen molar-refractivity contribution in [2.24, 2.45) is 12.8 Å². The van der Waals surface area contributed by atoms with Crippen LogP contribution in [0.15, 0.2) is 16.7 Å². The van der Waals surface area contributed by atoms with Gasteiger partial charge in [-0.3, -0.25) is 19.0 Å². The van der Waals surface area contributed by atoms with Crippen molar-refractivity contribution in [1.82, 2.24) is 24.5 Å². The number of aryl methyl sites for hydroxylation is 3. The molecule has 0 bridgehead atoms. The van der Waals surface area contributed by atoms with Crippen molar-refractivity contribution in [3.05, 3.63) is 44.4 Å². The van der Waals surface area contributed by atoms with Gasteiger partial charge in [0.05, 0.1) is 22.1 Å². The summed E-state index contributed by atoms with van der Waals surface area (Å²) in [5.74, 6) is -1.54. The van der Waals surface area contributed by atoms with Crippen LogP contribution in [0.2, 0.25) is 0 Å². The zero-order valence-electron chi connectivity index (χ0n) is 18.9. The Morgan fingerprint density at radius 1 is 1.26 bits per heavy atom. The minimum absolute atomic E-state index is 0.0203. The van der Waals surface area contributed by atoms with E-state index in [-0.39, 0.29) is 32.0 Å². The fraction of sp³-hybridized carbons (Fsp3) is 0.286. The van der Waals surface area contributed by atoms with Crippen LogP contribution in [-0.4, -0.2) is 36.4 Å². The predicted molar refractivity (Wildman–Crippen MR) is 128 cm³/mol. The second-order valence-corrected chi connectivity index (χ2v) is 9.48. The summed E-state index contributed by atoms with van der Waals surface area (Å²) in [6.45, 7) is 5.77. The number of carbonyl (C=O) groups is 2. The number of nitrogens with one attached hydrogen (secondary N) is 1. The fourth-order valence-corrected chi connectivity index (χ4v) is 5.35. The third-order valence-electron chi connectivity index (χ3n) is 5.47. The summed E-state index contributed by atoms with van der Waals surface area (Å²) >= 11 is 4.00. The van der Waals surface area contributed by atoms with Gasteiger partial charge in [-0.05, 0) is 48.3 Å². The third kappa shape index (κ3) is 4.20. The highest BCUT2D eigenvalue weighted by Gasteiger charge is 2.35. The average Bonchev–Trinajstić information content (AvgIpc) is 3.40. The number of thiophene rings is 1. The molecule has 0 fully saturated rings. The van der Waals surface area contributed by atoms with E-state index in [0.29, 0.717) is 39.3 Å². The molecule has 0 saturated carbocycles. The quantitative estimate of drug-likeness (QED) is 0.362. The zero-order valence-corrected chi connectivity index (χ0v) is 21.3. The van der Waals surface area contributed by atoms with Gasteiger partial charge in [0.1, 0.15) is 21.1 Å². The van der Waals surface area contributed by atoms with Gasteiger partial charge >= 0.3 is 6.18 Å². The van der Waals surface area contributed by atoms with Crippen LogP contribution in [-0.2, 0) is 19.8 Å². The number of hydrogen-bond donors (Lipinski definition) is 2. The number of nitrogens with zero attached hydrogens (tertiary/aromatic N) is 5. The van der Waals surface area contributed by atoms with E-state index in [1.54, 1.807) is 25.6 Å². The highest BCUT2D eigenvalue weighted by molar-refractivity contribution is 9.10. The smallest absolute Gasteiger partial charge is 0.365 e. The van der Waals surface area contributed by atoms with Gasteiger partial charge in [-0.15, -0.1) is 11.3 Å². The highest BCUT2D eigenvalue weighted by Crippen LogP contribution is 2.44. The van der Waals surface area contributed by atoms with E-state index in [4.69, 9.17) is 5.73 Å². The first kappa shape index (κ1) is 24.9. The van der Waals surface area contributed by atoms with E-state index in [2.05, 4.69) is 36.4 Å². The van der Waals surface area contributed by atoms with Gasteiger partial charge < -0.3 is 11.1 Å². The first-order valence-electron chi connectivity index (χ1n) is 10.2. The van der Waals surface area contributed by atoms with E-state index >= 15 is 0 Å². The van der Waals surface area contributed by atoms with E-state index in [9.17, 15) is 22.8 Å². The molecule has 3 N–H and O–H groups in total. The normalized spacial score (nSPS) is 11.9. The molecule has 4 aromatic rings. The van der Waals surface area contributed by atoms with Crippen LogP contribution in [0.5, 0.6) is 0 Å². The SMILES string of the molecule is CCn1ncc(-c2cc(C(F)(F)F)nc3sc(C(N)=O)c(NC(=O)c4c(Br)c(C)nn4C)c23)c1C. The predicted octanol–water partition coefficient (Wildman–Crippen LogP) is 4.66. The van der Waals surface area contributed by atoms with Gasteiger partial charge in [0.15, 0.2) is 0 Å². The number of hydrogen-bond acceptors (Lipinski definition) is 6. The molecule has 4 heterocycles. The van der Waals surface area contributed by atoms with E-state index in [1.165, 1.54) is 10.9 Å². The molecule has 0 radical (unpaired) electrons. The Bertz CT molecular complexity index is 1500. The summed E-state index contributed by atoms with van der Waals surface area (Å²) in [5.41, 5.74) is 6.26. The first-order valence-corrected chi connectivity index (χ1v) is 11.8. The summed E-state index contributed by atoms with van der Waals surface area (Å²) in [6.07, 6.45) is -3.29. The Labute approximate surface area is 209 Å². The third-order valence-corrected chi connectivity index (χ3v) is 7.52. The van der Waals surface area contributed by atoms with Crippen LogP contribution in [0.1, 0.15) is 44.2 Å². The maximum Gasteiger partial charge on any atom is 0.433 e. The molecular formula is C21H19BrF3N7O2S. The lowest BCUT2D eigenvalue weighted by Crippen LogP contribution is -2.19. The first-order chi connectivity index (χ1) is 16.3. The van der Waals surface area contributed by atoms with Crippen LogP contribution in [0.25, 0.3) is 21.3 Å². The average molecular weight is 570 g/mol. The maximum atomic E-state index is 13.7. The van der Waals surface area contributed by atoms with E-state index in [0.717, 1.165) is 6.07 Å². The number of nitrogens with two attached hydrogens (primary N) is 1. The van der Waals surface area contributed by atoms with Gasteiger partial charge in [-0.2, -0.15) is 23.4 Å². The Morgan fingerprint density at radius 3 is 2.46 bits per heavy atom. The molecule has 4 rings (SSSR count). The summed E-state index contributed by atoms with van der Waals surface area (Å²) < 4.78 is 44.6. The second-order valence-electron chi connectivity index (χ2n) is 7.69. The number of primary amides is 1. The molecule has 0 atom stereocenters. The lowest BCUT2D eigenvalue weighted by molar-refractivity contribution is -0.140. The number of amides is 2. The number of anilines is 1. The number of alkyl halides is 3. The number of rotatable bonds is 5. The monoisotopic (exact) mass is 569 g/mol. The molecule has 14 heteroatoms. The van der Waals surface area contributed by atoms with Crippen LogP contribution < -0.4 is 11.1 Å². The van der Waals surface area contributed by atoms with Crippen molar-refractivity contribution in [3.8, 4) is 11.1 Å². The van der Waals surface area contributed by atoms with Crippen LogP contribution in [0, 0.1) is 13.8 Å². The number of halogens is 4. The van der Waals surface area contributed by atoms with Crippen molar-refractivity contribution in [1.29, 1.82) is 0 Å². The number of pyridine rings is 1. The Balaban J connectivity index is 2.03. The molecule has 0 aromatic carbocycles. The Morgan fingerprint density at radius 2 is 1.94 bits per heavy atom. The van der Waals surface area contributed by atoms with Crippen LogP contribution >= 0.6 is 27.3 Å². The topological polar surface area (TPSA) is 121 Å². The highest BCUT2D eigenvalue weighted by atomic mass is 79.9. The van der Waals surface area contributed by atoms with Crippen LogP contribution in [0.3, 0.4) is 0 Å². The fourth-order valence-electron chi connectivity index (χ4n) is 3.83. The molecule has 0 aliphatic heterocycles. The molecule has 0 saturated heterocycles. The van der Waals surface area contributed by atoms with Crippen LogP contribution in [0.4, 0.5) is 18.9 Å². The lowest BCUT2D eigenvalue weighted by atomic mass is 10.0. The van der Waals surface area contributed by atoms with Crippen molar-refractivity contribution >= 4 is 55.0 Å². The molecule has 0 aliphatic rings. The number of aromatic nitrogens is 5. The number of fused-ring (bicyclic) bond motifs is 1. The molecule has 0 spiro atoms. The van der Waals surface area contributed by atoms with E-state index in [1.807, 2.05) is 6.92 Å². The summed E-state index contributed by atoms with van der Waals surface area (Å²) in [5, 5.41) is 11.2. The Hall–Kier alpha value is -3.26. The maximum absolute atomic E-state index is 13.7. The standard InChI is InChI=1S/C21H19BrF3N7O2S/c1-5-32-9(3)11(7-27-32)10-6-12(21(23,24)25)28-20-13(10)15(17(35-20)18(26)33)29-19(34)16-14(22)8(2)30-31(16)4/h6-7H,5H2,1-4H3,(H2,26,33)(H,29,34). The van der Waals surface area contributed by atoms with Crippen molar-refractivity contribution in [3.63, 3.8) is 0 Å². The number of carbonyl (C=O) groups excluding carboxylic acids is 2. The van der Waals surface area contributed by atoms with Gasteiger partial charge in [0.2, 0.25) is 0 Å². The van der Waals surface area contributed by atoms with Crippen molar-refractivity contribution < 1.29 is 22.8 Å². The van der Waals surface area contributed by atoms with Gasteiger partial charge in [-0.25, -0.2) is 4.98 Å². The van der Waals surface area contributed by atoms with Gasteiger partial charge in [0, 0.05) is 30.2 Å². The minimum Gasteiger partial charge on any atom is -0.365 e. The summed E-state index contributed by atoms with van der Waals surface area (Å²) in [6, 6.07) is 0.892. The molecular weight excluding hydrogens is 551 g/mol. The van der Waals surface area contributed by atoms with Crippen molar-refractivity contribution in [2.75, 3.05) is 5.32 Å². The largest absolute Gasteiger partial charge is 0.433 e. The molecule has 9 nitrogen and oxygen atoms in total. The molecule has 0 unspecified atom stereocenters. The molecule has 4 aromatic heterocycles. The molecule has 35 heavy (non-hydrogen) atoms. The molecule has 0 aliphatic carbocycles. The Kier molecular flexibility index (Phi) is 6.21. The van der Waals surface area contributed by atoms with Gasteiger partial charge in [0.25, 0.3) is 11.8 Å². The van der Waals surface area contributed by atoms with Crippen molar-refractivity contribution in [2.45, 2.75) is 33.5 Å². The second kappa shape index (κ2) is 8.75. The summed E-state index contributed by atoms with van der Waals surface area (Å²) in [4.78, 5) is 29.0. The molecule has 184 valence electrons. The minimum atomic E-state index is -4.74. The zero-order chi connectivity index (χ0) is 25.8. The van der Waals surface area contributed by atoms with E-state index < -0.39 is 23.7 Å². The molecule has 2 amide bonds. The summed E-state index contributed by atoms with van der Waals surface area (Å²) in [7, 11) is 1.57. The van der Waals surface area contributed by atoms with Gasteiger partial charge in [-0.1, -0.05) is 0 Å².